The SMILES string of the molecule is CCCC1CCC(C2CCC(C3Cc4ccc(C)c(F)c4C3=O)CC2)CC1. The molecule has 0 saturated heterocycles. The fraction of sp³-hybridized carbons (Fsp3) is 0.720. The average molecular weight is 371 g/mol. The zero-order valence-electron chi connectivity index (χ0n) is 17.1. The molecule has 0 aliphatic heterocycles. The second-order valence-electron chi connectivity index (χ2n) is 9.65. The van der Waals surface area contributed by atoms with Crippen molar-refractivity contribution in [1.29, 1.82) is 0 Å². The van der Waals surface area contributed by atoms with E-state index in [4.69, 9.17) is 0 Å². The smallest absolute Gasteiger partial charge is 0.169 e. The molecule has 148 valence electrons. The number of carbonyl (C=O) groups is 1. The summed E-state index contributed by atoms with van der Waals surface area (Å²) < 4.78 is 14.5. The molecule has 3 aliphatic carbocycles. The van der Waals surface area contributed by atoms with Gasteiger partial charge in [-0.1, -0.05) is 44.7 Å². The Labute approximate surface area is 164 Å². The average Bonchev–Trinajstić information content (AvgIpc) is 3.03. The van der Waals surface area contributed by atoms with Gasteiger partial charge in [0.15, 0.2) is 5.78 Å². The van der Waals surface area contributed by atoms with Crippen molar-refractivity contribution in [2.45, 2.75) is 84.5 Å². The summed E-state index contributed by atoms with van der Waals surface area (Å²) >= 11 is 0. The van der Waals surface area contributed by atoms with Crippen LogP contribution in [-0.2, 0) is 6.42 Å². The molecule has 0 heterocycles. The van der Waals surface area contributed by atoms with Crippen molar-refractivity contribution in [2.75, 3.05) is 0 Å². The van der Waals surface area contributed by atoms with E-state index in [2.05, 4.69) is 6.92 Å². The lowest BCUT2D eigenvalue weighted by Gasteiger charge is -2.39. The van der Waals surface area contributed by atoms with E-state index in [-0.39, 0.29) is 17.5 Å². The largest absolute Gasteiger partial charge is 0.294 e. The number of hydrogen-bond donors (Lipinski definition) is 0. The van der Waals surface area contributed by atoms with Crippen molar-refractivity contribution in [3.05, 3.63) is 34.6 Å². The molecule has 4 rings (SSSR count). The number of rotatable bonds is 4. The van der Waals surface area contributed by atoms with Crippen LogP contribution in [0.1, 0.15) is 92.6 Å². The Morgan fingerprint density at radius 3 is 2.15 bits per heavy atom. The summed E-state index contributed by atoms with van der Waals surface area (Å²) in [5.74, 6) is 3.12. The standard InChI is InChI=1S/C25H35FO/c1-3-4-17-6-9-18(10-7-17)19-11-13-20(14-12-19)22-15-21-8-5-16(2)24(26)23(21)25(22)27/h5,8,17-20,22H,3-4,6-7,9-15H2,1-2H3. The van der Waals surface area contributed by atoms with Crippen LogP contribution < -0.4 is 0 Å². The summed E-state index contributed by atoms with van der Waals surface area (Å²) in [6.45, 7) is 4.07. The number of hydrogen-bond acceptors (Lipinski definition) is 1. The van der Waals surface area contributed by atoms with Gasteiger partial charge in [-0.3, -0.25) is 4.79 Å². The van der Waals surface area contributed by atoms with Crippen LogP contribution >= 0.6 is 0 Å². The first-order valence-corrected chi connectivity index (χ1v) is 11.4. The highest BCUT2D eigenvalue weighted by Gasteiger charge is 2.40. The molecule has 0 spiro atoms. The lowest BCUT2D eigenvalue weighted by molar-refractivity contribution is 0.0808. The molecule has 27 heavy (non-hydrogen) atoms. The molecule has 1 unspecified atom stereocenters. The molecule has 1 nitrogen and oxygen atoms in total. The third kappa shape index (κ3) is 3.74. The molecule has 0 radical (unpaired) electrons. The fourth-order valence-corrected chi connectivity index (χ4v) is 6.43. The van der Waals surface area contributed by atoms with Gasteiger partial charge < -0.3 is 0 Å². The van der Waals surface area contributed by atoms with Crippen LogP contribution in [0.25, 0.3) is 0 Å². The number of fused-ring (bicyclic) bond motifs is 1. The second-order valence-corrected chi connectivity index (χ2v) is 9.65. The highest BCUT2D eigenvalue weighted by atomic mass is 19.1. The van der Waals surface area contributed by atoms with Crippen LogP contribution in [0, 0.1) is 42.3 Å². The van der Waals surface area contributed by atoms with Crippen LogP contribution in [0.2, 0.25) is 0 Å². The van der Waals surface area contributed by atoms with Crippen LogP contribution in [0.15, 0.2) is 12.1 Å². The number of carbonyl (C=O) groups excluding carboxylic acids is 1. The Morgan fingerprint density at radius 2 is 1.52 bits per heavy atom. The lowest BCUT2D eigenvalue weighted by Crippen LogP contribution is -2.30. The summed E-state index contributed by atoms with van der Waals surface area (Å²) in [5.41, 5.74) is 1.96. The fourth-order valence-electron chi connectivity index (χ4n) is 6.43. The van der Waals surface area contributed by atoms with Gasteiger partial charge in [-0.15, -0.1) is 0 Å². The maximum absolute atomic E-state index is 14.5. The summed E-state index contributed by atoms with van der Waals surface area (Å²) in [4.78, 5) is 12.9. The van der Waals surface area contributed by atoms with Gasteiger partial charge in [-0.25, -0.2) is 4.39 Å². The number of ketones is 1. The van der Waals surface area contributed by atoms with Crippen molar-refractivity contribution >= 4 is 5.78 Å². The van der Waals surface area contributed by atoms with E-state index in [1.807, 2.05) is 12.1 Å². The Morgan fingerprint density at radius 1 is 0.926 bits per heavy atom. The normalized spacial score (nSPS) is 33.9. The molecule has 1 aromatic rings. The van der Waals surface area contributed by atoms with E-state index in [0.717, 1.165) is 29.7 Å². The van der Waals surface area contributed by atoms with Gasteiger partial charge in [0.25, 0.3) is 0 Å². The Kier molecular flexibility index (Phi) is 5.71. The topological polar surface area (TPSA) is 17.1 Å². The molecular weight excluding hydrogens is 335 g/mol. The summed E-state index contributed by atoms with van der Waals surface area (Å²) in [6, 6.07) is 3.81. The third-order valence-corrected chi connectivity index (χ3v) is 8.08. The molecule has 1 atom stereocenters. The molecule has 2 heteroatoms. The van der Waals surface area contributed by atoms with E-state index < -0.39 is 0 Å². The van der Waals surface area contributed by atoms with E-state index in [0.29, 0.717) is 17.0 Å². The minimum atomic E-state index is -0.266. The van der Waals surface area contributed by atoms with E-state index >= 15 is 0 Å². The predicted molar refractivity (Wildman–Crippen MR) is 108 cm³/mol. The van der Waals surface area contributed by atoms with Gasteiger partial charge in [0.2, 0.25) is 0 Å². The first kappa shape index (κ1) is 19.2. The molecule has 0 aromatic heterocycles. The highest BCUT2D eigenvalue weighted by Crippen LogP contribution is 2.46. The van der Waals surface area contributed by atoms with Gasteiger partial charge in [-0.05, 0) is 86.7 Å². The number of benzene rings is 1. The number of aryl methyl sites for hydroxylation is 1. The molecule has 1 aromatic carbocycles. The van der Waals surface area contributed by atoms with Crippen LogP contribution in [-0.4, -0.2) is 5.78 Å². The Balaban J connectivity index is 1.33. The minimum Gasteiger partial charge on any atom is -0.294 e. The molecule has 0 bridgehead atoms. The monoisotopic (exact) mass is 370 g/mol. The van der Waals surface area contributed by atoms with Gasteiger partial charge in [0.05, 0.1) is 5.56 Å². The van der Waals surface area contributed by atoms with Crippen LogP contribution in [0.4, 0.5) is 4.39 Å². The Bertz CT molecular complexity index is 678. The molecule has 3 aliphatic rings. The third-order valence-electron chi connectivity index (χ3n) is 8.08. The lowest BCUT2D eigenvalue weighted by atomic mass is 9.66. The van der Waals surface area contributed by atoms with Gasteiger partial charge in [0, 0.05) is 5.92 Å². The van der Waals surface area contributed by atoms with Crippen LogP contribution in [0.5, 0.6) is 0 Å². The van der Waals surface area contributed by atoms with E-state index in [1.165, 1.54) is 64.2 Å². The maximum atomic E-state index is 14.5. The van der Waals surface area contributed by atoms with Crippen molar-refractivity contribution < 1.29 is 9.18 Å². The van der Waals surface area contributed by atoms with Gasteiger partial charge >= 0.3 is 0 Å². The van der Waals surface area contributed by atoms with Crippen molar-refractivity contribution in [2.24, 2.45) is 29.6 Å². The summed E-state index contributed by atoms with van der Waals surface area (Å²) in [7, 11) is 0. The van der Waals surface area contributed by atoms with Gasteiger partial charge in [-0.2, -0.15) is 0 Å². The first-order valence-electron chi connectivity index (χ1n) is 11.4. The highest BCUT2D eigenvalue weighted by molar-refractivity contribution is 6.02. The molecule has 0 amide bonds. The van der Waals surface area contributed by atoms with E-state index in [9.17, 15) is 9.18 Å². The van der Waals surface area contributed by atoms with Crippen molar-refractivity contribution in [1.82, 2.24) is 0 Å². The Hall–Kier alpha value is -1.18. The molecule has 2 fully saturated rings. The quantitative estimate of drug-likeness (QED) is 0.563. The molecule has 0 N–H and O–H groups in total. The summed E-state index contributed by atoms with van der Waals surface area (Å²) in [6.07, 6.45) is 14.2. The van der Waals surface area contributed by atoms with Crippen molar-refractivity contribution in [3.8, 4) is 0 Å². The molecule has 2 saturated carbocycles. The van der Waals surface area contributed by atoms with E-state index in [1.54, 1.807) is 6.92 Å². The zero-order valence-corrected chi connectivity index (χ0v) is 17.1. The van der Waals surface area contributed by atoms with Gasteiger partial charge in [0.1, 0.15) is 5.82 Å². The zero-order chi connectivity index (χ0) is 19.0. The van der Waals surface area contributed by atoms with Crippen LogP contribution in [0.3, 0.4) is 0 Å². The predicted octanol–water partition coefficient (Wildman–Crippen LogP) is 6.90. The number of halogens is 1. The maximum Gasteiger partial charge on any atom is 0.169 e. The second kappa shape index (κ2) is 8.05. The van der Waals surface area contributed by atoms with Crippen molar-refractivity contribution in [3.63, 3.8) is 0 Å². The minimum absolute atomic E-state index is 0.0394. The summed E-state index contributed by atoms with van der Waals surface area (Å²) in [5, 5.41) is 0. The first-order chi connectivity index (χ1) is 13.1. The molecular formula is C25H35FO. The number of Topliss-reactive ketones (excluding diaryl/α,β-unsaturated/α-hetero) is 1.